The van der Waals surface area contributed by atoms with Crippen molar-refractivity contribution in [1.29, 1.82) is 0 Å². The molecule has 1 aliphatic heterocycles. The number of carbonyl (C=O) groups excluding carboxylic acids is 2. The SMILES string of the molecule is CCCC1=C(C(=O)OCC)C(c2ccc(C)cc2)NC(=O)N1C. The summed E-state index contributed by atoms with van der Waals surface area (Å²) >= 11 is 0. The van der Waals surface area contributed by atoms with E-state index in [1.807, 2.05) is 38.1 Å². The number of ether oxygens (including phenoxy) is 1. The van der Waals surface area contributed by atoms with E-state index in [0.29, 0.717) is 18.6 Å². The summed E-state index contributed by atoms with van der Waals surface area (Å²) in [6.45, 7) is 6.11. The van der Waals surface area contributed by atoms with Crippen LogP contribution in [0.4, 0.5) is 4.79 Å². The molecule has 1 unspecified atom stereocenters. The summed E-state index contributed by atoms with van der Waals surface area (Å²) < 4.78 is 5.24. The average molecular weight is 316 g/mol. The first kappa shape index (κ1) is 17.1. The highest BCUT2D eigenvalue weighted by Crippen LogP contribution is 2.32. The van der Waals surface area contributed by atoms with Crippen molar-refractivity contribution in [3.8, 4) is 0 Å². The molecule has 0 fully saturated rings. The van der Waals surface area contributed by atoms with Gasteiger partial charge in [-0.3, -0.25) is 0 Å². The van der Waals surface area contributed by atoms with Gasteiger partial charge in [0.25, 0.3) is 0 Å². The van der Waals surface area contributed by atoms with Crippen molar-refractivity contribution in [1.82, 2.24) is 10.2 Å². The molecule has 0 aliphatic carbocycles. The van der Waals surface area contributed by atoms with E-state index in [9.17, 15) is 9.59 Å². The third kappa shape index (κ3) is 3.55. The summed E-state index contributed by atoms with van der Waals surface area (Å²) in [5.41, 5.74) is 3.28. The summed E-state index contributed by atoms with van der Waals surface area (Å²) in [5, 5.41) is 2.91. The Morgan fingerprint density at radius 3 is 2.48 bits per heavy atom. The molecule has 1 aromatic carbocycles. The average Bonchev–Trinajstić information content (AvgIpc) is 2.52. The van der Waals surface area contributed by atoms with Crippen LogP contribution >= 0.6 is 0 Å². The molecule has 5 nitrogen and oxygen atoms in total. The highest BCUT2D eigenvalue weighted by molar-refractivity contribution is 5.95. The Balaban J connectivity index is 2.54. The standard InChI is InChI=1S/C18H24N2O3/c1-5-7-14-15(17(21)23-6-2)16(19-18(22)20(14)4)13-10-8-12(3)9-11-13/h8-11,16H,5-7H2,1-4H3,(H,19,22). The van der Waals surface area contributed by atoms with Gasteiger partial charge in [-0.25, -0.2) is 9.59 Å². The molecule has 1 atom stereocenters. The first-order chi connectivity index (χ1) is 11.0. The summed E-state index contributed by atoms with van der Waals surface area (Å²) in [5.74, 6) is -0.367. The van der Waals surface area contributed by atoms with Crippen LogP contribution in [-0.4, -0.2) is 30.6 Å². The Bertz CT molecular complexity index is 620. The lowest BCUT2D eigenvalue weighted by Gasteiger charge is -2.34. The van der Waals surface area contributed by atoms with Gasteiger partial charge >= 0.3 is 12.0 Å². The van der Waals surface area contributed by atoms with Crippen LogP contribution in [0.2, 0.25) is 0 Å². The lowest BCUT2D eigenvalue weighted by Crippen LogP contribution is -2.46. The van der Waals surface area contributed by atoms with Gasteiger partial charge in [0.1, 0.15) is 0 Å². The quantitative estimate of drug-likeness (QED) is 0.848. The van der Waals surface area contributed by atoms with Crippen molar-refractivity contribution in [3.05, 3.63) is 46.7 Å². The predicted octanol–water partition coefficient (Wildman–Crippen LogP) is 3.31. The molecule has 2 amide bonds. The van der Waals surface area contributed by atoms with Crippen LogP contribution < -0.4 is 5.32 Å². The molecule has 0 radical (unpaired) electrons. The van der Waals surface area contributed by atoms with Gasteiger partial charge in [0.05, 0.1) is 18.2 Å². The monoisotopic (exact) mass is 316 g/mol. The van der Waals surface area contributed by atoms with E-state index in [4.69, 9.17) is 4.74 Å². The molecular weight excluding hydrogens is 292 g/mol. The van der Waals surface area contributed by atoms with Crippen molar-refractivity contribution >= 4 is 12.0 Å². The minimum absolute atomic E-state index is 0.202. The molecule has 23 heavy (non-hydrogen) atoms. The smallest absolute Gasteiger partial charge is 0.338 e. The van der Waals surface area contributed by atoms with Gasteiger partial charge in [0.15, 0.2) is 0 Å². The normalized spacial score (nSPS) is 18.0. The van der Waals surface area contributed by atoms with Gasteiger partial charge in [-0.2, -0.15) is 0 Å². The van der Waals surface area contributed by atoms with Crippen molar-refractivity contribution < 1.29 is 14.3 Å². The van der Waals surface area contributed by atoms with Gasteiger partial charge in [-0.05, 0) is 25.8 Å². The number of esters is 1. The van der Waals surface area contributed by atoms with Crippen LogP contribution in [0.15, 0.2) is 35.5 Å². The van der Waals surface area contributed by atoms with Crippen LogP contribution in [-0.2, 0) is 9.53 Å². The number of aryl methyl sites for hydroxylation is 1. The largest absolute Gasteiger partial charge is 0.463 e. The Morgan fingerprint density at radius 1 is 1.26 bits per heavy atom. The van der Waals surface area contributed by atoms with Crippen molar-refractivity contribution in [2.24, 2.45) is 0 Å². The zero-order valence-corrected chi connectivity index (χ0v) is 14.2. The molecule has 1 aliphatic rings. The van der Waals surface area contributed by atoms with E-state index in [2.05, 4.69) is 5.32 Å². The lowest BCUT2D eigenvalue weighted by atomic mass is 9.92. The molecule has 1 N–H and O–H groups in total. The number of carbonyl (C=O) groups is 2. The second-order valence-electron chi connectivity index (χ2n) is 5.68. The molecule has 0 saturated carbocycles. The third-order valence-electron chi connectivity index (χ3n) is 3.97. The number of hydrogen-bond acceptors (Lipinski definition) is 3. The van der Waals surface area contributed by atoms with E-state index in [0.717, 1.165) is 23.2 Å². The van der Waals surface area contributed by atoms with E-state index >= 15 is 0 Å². The number of nitrogens with one attached hydrogen (secondary N) is 1. The zero-order chi connectivity index (χ0) is 17.0. The highest BCUT2D eigenvalue weighted by Gasteiger charge is 2.36. The molecule has 0 saturated heterocycles. The van der Waals surface area contributed by atoms with E-state index in [-0.39, 0.29) is 12.0 Å². The Morgan fingerprint density at radius 2 is 1.91 bits per heavy atom. The summed E-state index contributed by atoms with van der Waals surface area (Å²) in [4.78, 5) is 26.3. The number of urea groups is 1. The second-order valence-corrected chi connectivity index (χ2v) is 5.68. The van der Waals surface area contributed by atoms with Gasteiger partial charge in [-0.15, -0.1) is 0 Å². The van der Waals surface area contributed by atoms with Gasteiger partial charge < -0.3 is 15.0 Å². The molecule has 1 aromatic rings. The van der Waals surface area contributed by atoms with Crippen molar-refractivity contribution in [2.45, 2.75) is 39.7 Å². The molecule has 5 heteroatoms. The van der Waals surface area contributed by atoms with E-state index in [1.165, 1.54) is 4.90 Å². The fourth-order valence-electron chi connectivity index (χ4n) is 2.75. The summed E-state index contributed by atoms with van der Waals surface area (Å²) in [7, 11) is 1.69. The number of amides is 2. The minimum atomic E-state index is -0.472. The molecule has 0 spiro atoms. The maximum atomic E-state index is 12.5. The van der Waals surface area contributed by atoms with Crippen LogP contribution in [0.5, 0.6) is 0 Å². The van der Waals surface area contributed by atoms with E-state index < -0.39 is 6.04 Å². The highest BCUT2D eigenvalue weighted by atomic mass is 16.5. The molecule has 1 heterocycles. The number of nitrogens with zero attached hydrogens (tertiary/aromatic N) is 1. The molecular formula is C18H24N2O3. The maximum Gasteiger partial charge on any atom is 0.338 e. The Kier molecular flexibility index (Phi) is 5.42. The second kappa shape index (κ2) is 7.31. The van der Waals surface area contributed by atoms with Crippen molar-refractivity contribution in [3.63, 3.8) is 0 Å². The Hall–Kier alpha value is -2.30. The molecule has 0 aromatic heterocycles. The fraction of sp³-hybridized carbons (Fsp3) is 0.444. The first-order valence-electron chi connectivity index (χ1n) is 8.00. The lowest BCUT2D eigenvalue weighted by molar-refractivity contribution is -0.139. The van der Waals surface area contributed by atoms with Crippen LogP contribution in [0.1, 0.15) is 43.9 Å². The summed E-state index contributed by atoms with van der Waals surface area (Å²) in [6.07, 6.45) is 1.50. The molecule has 124 valence electrons. The number of rotatable bonds is 5. The summed E-state index contributed by atoms with van der Waals surface area (Å²) in [6, 6.07) is 7.15. The van der Waals surface area contributed by atoms with E-state index in [1.54, 1.807) is 14.0 Å². The van der Waals surface area contributed by atoms with Crippen molar-refractivity contribution in [2.75, 3.05) is 13.7 Å². The predicted molar refractivity (Wildman–Crippen MR) is 88.8 cm³/mol. The van der Waals surface area contributed by atoms with Gasteiger partial charge in [-0.1, -0.05) is 43.2 Å². The number of benzene rings is 1. The van der Waals surface area contributed by atoms with Crippen LogP contribution in [0, 0.1) is 6.92 Å². The number of hydrogen-bond donors (Lipinski definition) is 1. The maximum absolute atomic E-state index is 12.5. The zero-order valence-electron chi connectivity index (χ0n) is 14.2. The fourth-order valence-corrected chi connectivity index (χ4v) is 2.75. The molecule has 0 bridgehead atoms. The number of allylic oxidation sites excluding steroid dienone is 1. The first-order valence-corrected chi connectivity index (χ1v) is 8.00. The van der Waals surface area contributed by atoms with Gasteiger partial charge in [0, 0.05) is 12.7 Å². The topological polar surface area (TPSA) is 58.6 Å². The Labute approximate surface area is 137 Å². The van der Waals surface area contributed by atoms with Crippen LogP contribution in [0.25, 0.3) is 0 Å². The third-order valence-corrected chi connectivity index (χ3v) is 3.97. The molecule has 2 rings (SSSR count). The van der Waals surface area contributed by atoms with Gasteiger partial charge in [0.2, 0.25) is 0 Å². The minimum Gasteiger partial charge on any atom is -0.463 e. The van der Waals surface area contributed by atoms with Crippen LogP contribution in [0.3, 0.4) is 0 Å².